The second-order valence-corrected chi connectivity index (χ2v) is 13.7. The molecule has 54 heavy (non-hydrogen) atoms. The van der Waals surface area contributed by atoms with E-state index in [0.29, 0.717) is 0 Å². The summed E-state index contributed by atoms with van der Waals surface area (Å²) >= 11 is 0. The summed E-state index contributed by atoms with van der Waals surface area (Å²) in [5.41, 5.74) is 14.0. The Balaban J connectivity index is 1.17. The highest BCUT2D eigenvalue weighted by Gasteiger charge is 2.33. The van der Waals surface area contributed by atoms with Crippen molar-refractivity contribution in [2.24, 2.45) is 0 Å². The van der Waals surface area contributed by atoms with Crippen LogP contribution in [0.3, 0.4) is 0 Å². The molecule has 2 nitrogen and oxygen atoms in total. The molecule has 0 aromatic heterocycles. The van der Waals surface area contributed by atoms with Crippen molar-refractivity contribution in [3.8, 4) is 11.1 Å². The first-order valence-electron chi connectivity index (χ1n) is 18.5. The summed E-state index contributed by atoms with van der Waals surface area (Å²) in [7, 11) is 0. The molecule has 0 bridgehead atoms. The summed E-state index contributed by atoms with van der Waals surface area (Å²) in [5, 5.41) is 4.93. The summed E-state index contributed by atoms with van der Waals surface area (Å²) in [6.07, 6.45) is 2.30. The number of nitrogens with zero attached hydrogens (tertiary/aromatic N) is 2. The highest BCUT2D eigenvalue weighted by Crippen LogP contribution is 2.59. The molecule has 0 fully saturated rings. The molecular weight excluding hydrogens is 653 g/mol. The Bertz CT molecular complexity index is 2810. The van der Waals surface area contributed by atoms with Gasteiger partial charge in [0.15, 0.2) is 0 Å². The molecule has 0 aliphatic carbocycles. The van der Waals surface area contributed by atoms with Crippen LogP contribution in [0.4, 0.5) is 34.1 Å². The van der Waals surface area contributed by atoms with Gasteiger partial charge in [0.25, 0.3) is 0 Å². The van der Waals surface area contributed by atoms with Gasteiger partial charge in [0.2, 0.25) is 0 Å². The van der Waals surface area contributed by atoms with Gasteiger partial charge in [0, 0.05) is 22.1 Å². The van der Waals surface area contributed by atoms with Crippen LogP contribution in [0.25, 0.3) is 44.3 Å². The van der Waals surface area contributed by atoms with Crippen molar-refractivity contribution in [3.63, 3.8) is 0 Å². The molecule has 10 rings (SSSR count). The third-order valence-corrected chi connectivity index (χ3v) is 10.6. The molecule has 0 saturated carbocycles. The maximum absolute atomic E-state index is 2.47. The monoisotopic (exact) mass is 688 g/mol. The topological polar surface area (TPSA) is 6.48 Å². The summed E-state index contributed by atoms with van der Waals surface area (Å²) < 4.78 is 0. The van der Waals surface area contributed by atoms with Crippen molar-refractivity contribution < 1.29 is 0 Å². The molecular formula is C52H36N2. The van der Waals surface area contributed by atoms with E-state index in [1.807, 2.05) is 0 Å². The molecule has 0 radical (unpaired) electrons. The van der Waals surface area contributed by atoms with Gasteiger partial charge in [-0.3, -0.25) is 0 Å². The van der Waals surface area contributed by atoms with Crippen molar-refractivity contribution in [3.05, 3.63) is 229 Å². The van der Waals surface area contributed by atoms with Gasteiger partial charge in [-0.1, -0.05) is 176 Å². The Morgan fingerprint density at radius 1 is 0.352 bits per heavy atom. The molecule has 1 heterocycles. The van der Waals surface area contributed by atoms with Crippen LogP contribution in [0.15, 0.2) is 212 Å². The lowest BCUT2D eigenvalue weighted by atomic mass is 9.89. The van der Waals surface area contributed by atoms with Crippen LogP contribution in [0, 0.1) is 0 Å². The number of benzene rings is 9. The van der Waals surface area contributed by atoms with E-state index in [1.165, 1.54) is 66.3 Å². The minimum Gasteiger partial charge on any atom is -0.306 e. The molecule has 9 aromatic carbocycles. The van der Waals surface area contributed by atoms with E-state index >= 15 is 0 Å². The van der Waals surface area contributed by atoms with E-state index < -0.39 is 0 Å². The van der Waals surface area contributed by atoms with Gasteiger partial charge < -0.3 is 9.80 Å². The van der Waals surface area contributed by atoms with Crippen LogP contribution in [0.5, 0.6) is 0 Å². The Hall–Kier alpha value is -7.16. The van der Waals surface area contributed by atoms with Crippen molar-refractivity contribution in [2.75, 3.05) is 9.80 Å². The Morgan fingerprint density at radius 2 is 0.796 bits per heavy atom. The fourth-order valence-electron chi connectivity index (χ4n) is 8.16. The quantitative estimate of drug-likeness (QED) is 0.127. The third kappa shape index (κ3) is 5.36. The zero-order valence-corrected chi connectivity index (χ0v) is 29.7. The fourth-order valence-corrected chi connectivity index (χ4v) is 8.16. The molecule has 254 valence electrons. The van der Waals surface area contributed by atoms with E-state index in [9.17, 15) is 0 Å². The maximum atomic E-state index is 2.47. The van der Waals surface area contributed by atoms with Crippen LogP contribution in [-0.4, -0.2) is 0 Å². The van der Waals surface area contributed by atoms with Gasteiger partial charge in [-0.25, -0.2) is 0 Å². The van der Waals surface area contributed by atoms with Crippen molar-refractivity contribution in [1.82, 2.24) is 0 Å². The lowest BCUT2D eigenvalue weighted by Crippen LogP contribution is -2.24. The second kappa shape index (κ2) is 13.4. The average Bonchev–Trinajstić information content (AvgIpc) is 3.26. The molecule has 0 spiro atoms. The van der Waals surface area contributed by atoms with Gasteiger partial charge >= 0.3 is 0 Å². The van der Waals surface area contributed by atoms with Crippen LogP contribution >= 0.6 is 0 Å². The number of hydrogen-bond donors (Lipinski definition) is 0. The molecule has 0 unspecified atom stereocenters. The van der Waals surface area contributed by atoms with Crippen LogP contribution in [0.2, 0.25) is 0 Å². The maximum Gasteiger partial charge on any atom is 0.0788 e. The normalized spacial score (nSPS) is 12.5. The number of rotatable bonds is 6. The first kappa shape index (κ1) is 31.6. The predicted molar refractivity (Wildman–Crippen MR) is 230 cm³/mol. The van der Waals surface area contributed by atoms with E-state index in [1.54, 1.807) is 0 Å². The van der Waals surface area contributed by atoms with E-state index in [-0.39, 0.29) is 0 Å². The van der Waals surface area contributed by atoms with Crippen molar-refractivity contribution in [1.29, 1.82) is 0 Å². The Kier molecular flexibility index (Phi) is 7.85. The minimum atomic E-state index is 1.11. The number of hydrogen-bond acceptors (Lipinski definition) is 2. The Labute approximate surface area is 316 Å². The van der Waals surface area contributed by atoms with Gasteiger partial charge in [-0.15, -0.1) is 0 Å². The lowest BCUT2D eigenvalue weighted by Gasteiger charge is -2.42. The van der Waals surface area contributed by atoms with Gasteiger partial charge in [0.1, 0.15) is 0 Å². The smallest absolute Gasteiger partial charge is 0.0788 e. The van der Waals surface area contributed by atoms with E-state index in [0.717, 1.165) is 22.7 Å². The highest BCUT2D eigenvalue weighted by atomic mass is 15.3. The fraction of sp³-hybridized carbons (Fsp3) is 0. The highest BCUT2D eigenvalue weighted by molar-refractivity contribution is 6.25. The van der Waals surface area contributed by atoms with Gasteiger partial charge in [0.05, 0.1) is 22.7 Å². The Morgan fingerprint density at radius 3 is 1.39 bits per heavy atom. The SMILES string of the molecule is C(=C(/c1ccccc1)c1ccccc1-c1ccc(N2c3ccccc3N(c3ccccc3)c3c2c2ccccc2c2ccccc32)cc1)/c1ccccc1. The minimum absolute atomic E-state index is 1.11. The standard InChI is InChI=1S/C52H36N2/c1-4-18-37(19-5-1)36-48(38-20-6-2-7-21-38)43-25-11-10-24-42(43)39-32-34-41(35-33-39)54-50-31-17-16-30-49(50)53(40-22-8-3-9-23-40)51-46-28-14-12-26-44(46)45-27-13-15-29-47(45)52(51)54/h1-36H/b48-36+. The summed E-state index contributed by atoms with van der Waals surface area (Å²) in [5.74, 6) is 0. The third-order valence-electron chi connectivity index (χ3n) is 10.6. The second-order valence-electron chi connectivity index (χ2n) is 13.7. The molecule has 0 N–H and O–H groups in total. The van der Waals surface area contributed by atoms with Crippen molar-refractivity contribution in [2.45, 2.75) is 0 Å². The molecule has 0 saturated heterocycles. The molecule has 9 aromatic rings. The number of fused-ring (bicyclic) bond motifs is 7. The average molecular weight is 689 g/mol. The largest absolute Gasteiger partial charge is 0.306 e. The molecule has 2 heteroatoms. The molecule has 0 atom stereocenters. The van der Waals surface area contributed by atoms with E-state index in [2.05, 4.69) is 228 Å². The summed E-state index contributed by atoms with van der Waals surface area (Å²) in [6.45, 7) is 0. The predicted octanol–water partition coefficient (Wildman–Crippen LogP) is 14.5. The summed E-state index contributed by atoms with van der Waals surface area (Å²) in [4.78, 5) is 4.92. The molecule has 1 aliphatic rings. The van der Waals surface area contributed by atoms with Gasteiger partial charge in [-0.2, -0.15) is 0 Å². The van der Waals surface area contributed by atoms with Crippen LogP contribution < -0.4 is 9.80 Å². The number of para-hydroxylation sites is 3. The van der Waals surface area contributed by atoms with E-state index in [4.69, 9.17) is 0 Å². The lowest BCUT2D eigenvalue weighted by molar-refractivity contribution is 1.19. The zero-order chi connectivity index (χ0) is 35.8. The van der Waals surface area contributed by atoms with Crippen molar-refractivity contribution >= 4 is 67.3 Å². The number of anilines is 6. The first-order valence-corrected chi connectivity index (χ1v) is 18.5. The van der Waals surface area contributed by atoms with Crippen LogP contribution in [0.1, 0.15) is 16.7 Å². The first-order chi connectivity index (χ1) is 26.8. The molecule has 0 amide bonds. The van der Waals surface area contributed by atoms with Gasteiger partial charge in [-0.05, 0) is 86.6 Å². The zero-order valence-electron chi connectivity index (χ0n) is 29.7. The summed E-state index contributed by atoms with van der Waals surface area (Å²) in [6, 6.07) is 76.5. The molecule has 1 aliphatic heterocycles. The van der Waals surface area contributed by atoms with Crippen LogP contribution in [-0.2, 0) is 0 Å².